The minimum Gasteiger partial charge on any atom is -0.478 e. The van der Waals surface area contributed by atoms with Crippen molar-refractivity contribution in [3.05, 3.63) is 89.9 Å². The molecule has 4 aromatic rings. The molecule has 0 aliphatic heterocycles. The number of nitrogens with one attached hydrogen (secondary N) is 1. The number of aromatic nitrogens is 2. The molecule has 0 aliphatic carbocycles. The Hall–Kier alpha value is -3.71. The zero-order valence-corrected chi connectivity index (χ0v) is 13.2. The maximum absolute atomic E-state index is 11.6. The number of para-hydroxylation sites is 1. The highest BCUT2D eigenvalue weighted by Crippen LogP contribution is 2.20. The Morgan fingerprint density at radius 1 is 1.00 bits per heavy atom. The van der Waals surface area contributed by atoms with Crippen LogP contribution in [0.1, 0.15) is 21.5 Å². The van der Waals surface area contributed by atoms with E-state index >= 15 is 0 Å². The molecule has 0 saturated heterocycles. The Kier molecular flexibility index (Phi) is 3.60. The molecule has 0 bridgehead atoms. The highest BCUT2D eigenvalue weighted by atomic mass is 16.4. The average molecular weight is 326 g/mol. The zero-order chi connectivity index (χ0) is 17.2. The van der Waals surface area contributed by atoms with Gasteiger partial charge in [-0.15, -0.1) is 0 Å². The molecule has 25 heavy (non-hydrogen) atoms. The van der Waals surface area contributed by atoms with Crippen LogP contribution in [0.25, 0.3) is 16.6 Å². The molecule has 0 amide bonds. The maximum Gasteiger partial charge on any atom is 0.337 e. The minimum absolute atomic E-state index is 0.226. The minimum atomic E-state index is -0.971. The Morgan fingerprint density at radius 3 is 2.64 bits per heavy atom. The van der Waals surface area contributed by atoms with Crippen LogP contribution >= 0.6 is 0 Å². The number of carbonyl (C=O) groups is 1. The molecule has 0 atom stereocenters. The summed E-state index contributed by atoms with van der Waals surface area (Å²) in [6.07, 6.45) is 5.53. The zero-order valence-electron chi connectivity index (χ0n) is 13.2. The van der Waals surface area contributed by atoms with Crippen molar-refractivity contribution >= 4 is 16.9 Å². The van der Waals surface area contributed by atoms with Gasteiger partial charge in [0, 0.05) is 40.6 Å². The van der Waals surface area contributed by atoms with Gasteiger partial charge in [0.25, 0.3) is 0 Å². The Balaban J connectivity index is 1.83. The molecule has 0 aliphatic rings. The fraction of sp³-hybridized carbons (Fsp3) is 0. The van der Waals surface area contributed by atoms with Crippen molar-refractivity contribution in [1.29, 1.82) is 0 Å². The third-order valence-corrected chi connectivity index (χ3v) is 4.02. The molecule has 4 nitrogen and oxygen atoms in total. The first-order valence-electron chi connectivity index (χ1n) is 7.81. The largest absolute Gasteiger partial charge is 0.478 e. The van der Waals surface area contributed by atoms with Gasteiger partial charge < -0.3 is 14.7 Å². The number of hydrogen-bond donors (Lipinski definition) is 2. The van der Waals surface area contributed by atoms with Crippen LogP contribution in [-0.4, -0.2) is 20.6 Å². The van der Waals surface area contributed by atoms with E-state index in [1.807, 2.05) is 61.1 Å². The molecule has 2 N–H and O–H groups in total. The molecule has 4 heteroatoms. The van der Waals surface area contributed by atoms with Crippen LogP contribution in [0, 0.1) is 11.8 Å². The predicted octanol–water partition coefficient (Wildman–Crippen LogP) is 4.06. The molecule has 0 spiro atoms. The third-order valence-electron chi connectivity index (χ3n) is 4.02. The number of aromatic carboxylic acids is 1. The van der Waals surface area contributed by atoms with E-state index in [0.717, 1.165) is 16.5 Å². The second-order valence-corrected chi connectivity index (χ2v) is 5.63. The van der Waals surface area contributed by atoms with Gasteiger partial charge in [0.2, 0.25) is 0 Å². The van der Waals surface area contributed by atoms with Gasteiger partial charge in [0.05, 0.1) is 11.3 Å². The molecule has 4 rings (SSSR count). The lowest BCUT2D eigenvalue weighted by Crippen LogP contribution is -2.06. The summed E-state index contributed by atoms with van der Waals surface area (Å²) in [5.74, 6) is 5.30. The average Bonchev–Trinajstić information content (AvgIpc) is 3.30. The molecular weight excluding hydrogens is 312 g/mol. The van der Waals surface area contributed by atoms with Gasteiger partial charge in [-0.1, -0.05) is 17.9 Å². The van der Waals surface area contributed by atoms with E-state index in [2.05, 4.69) is 16.8 Å². The standard InChI is InChI=1S/C21H14N2O2/c24-21(25)18-5-3-4-16(20(18)23-12-1-2-13-23)8-6-15-7-9-19-17(14-15)10-11-22-19/h1-5,7,9-14,22H,(H,24,25). The van der Waals surface area contributed by atoms with Gasteiger partial charge in [-0.25, -0.2) is 4.79 Å². The first kappa shape index (κ1) is 14.9. The van der Waals surface area contributed by atoms with Crippen LogP contribution < -0.4 is 0 Å². The molecule has 0 radical (unpaired) electrons. The molecule has 0 unspecified atom stereocenters. The highest BCUT2D eigenvalue weighted by Gasteiger charge is 2.14. The second-order valence-electron chi connectivity index (χ2n) is 5.63. The van der Waals surface area contributed by atoms with Crippen LogP contribution in [-0.2, 0) is 0 Å². The van der Waals surface area contributed by atoms with Crippen LogP contribution in [0.4, 0.5) is 0 Å². The summed E-state index contributed by atoms with van der Waals surface area (Å²) in [5.41, 5.74) is 3.42. The number of rotatable bonds is 2. The monoisotopic (exact) mass is 326 g/mol. The summed E-state index contributed by atoms with van der Waals surface area (Å²) < 4.78 is 1.78. The van der Waals surface area contributed by atoms with E-state index < -0.39 is 5.97 Å². The van der Waals surface area contributed by atoms with E-state index in [1.54, 1.807) is 16.7 Å². The quantitative estimate of drug-likeness (QED) is 0.546. The van der Waals surface area contributed by atoms with E-state index in [4.69, 9.17) is 0 Å². The molecule has 2 aromatic heterocycles. The van der Waals surface area contributed by atoms with Crippen molar-refractivity contribution in [3.63, 3.8) is 0 Å². The number of nitrogens with zero attached hydrogens (tertiary/aromatic N) is 1. The molecule has 0 fully saturated rings. The Morgan fingerprint density at radius 2 is 1.84 bits per heavy atom. The van der Waals surface area contributed by atoms with Crippen LogP contribution in [0.5, 0.6) is 0 Å². The molecule has 120 valence electrons. The summed E-state index contributed by atoms with van der Waals surface area (Å²) in [5, 5.41) is 10.6. The topological polar surface area (TPSA) is 58.0 Å². The Labute approximate surface area is 144 Å². The van der Waals surface area contributed by atoms with Gasteiger partial charge in [0.1, 0.15) is 0 Å². The lowest BCUT2D eigenvalue weighted by Gasteiger charge is -2.10. The van der Waals surface area contributed by atoms with E-state index in [0.29, 0.717) is 11.3 Å². The van der Waals surface area contributed by atoms with Crippen molar-refractivity contribution in [2.75, 3.05) is 0 Å². The lowest BCUT2D eigenvalue weighted by atomic mass is 10.1. The van der Waals surface area contributed by atoms with E-state index in [-0.39, 0.29) is 5.56 Å². The molecule has 2 aromatic carbocycles. The van der Waals surface area contributed by atoms with Crippen LogP contribution in [0.2, 0.25) is 0 Å². The van der Waals surface area contributed by atoms with Crippen molar-refractivity contribution in [1.82, 2.24) is 9.55 Å². The van der Waals surface area contributed by atoms with E-state index in [9.17, 15) is 9.90 Å². The van der Waals surface area contributed by atoms with Crippen molar-refractivity contribution in [2.45, 2.75) is 0 Å². The number of fused-ring (bicyclic) bond motifs is 1. The van der Waals surface area contributed by atoms with Gasteiger partial charge in [0.15, 0.2) is 0 Å². The first-order chi connectivity index (χ1) is 12.2. The number of benzene rings is 2. The van der Waals surface area contributed by atoms with Crippen molar-refractivity contribution in [3.8, 4) is 17.5 Å². The van der Waals surface area contributed by atoms with Gasteiger partial charge in [-0.3, -0.25) is 0 Å². The fourth-order valence-corrected chi connectivity index (χ4v) is 2.85. The van der Waals surface area contributed by atoms with Gasteiger partial charge >= 0.3 is 5.97 Å². The normalized spacial score (nSPS) is 10.4. The molecular formula is C21H14N2O2. The summed E-state index contributed by atoms with van der Waals surface area (Å²) in [7, 11) is 0. The van der Waals surface area contributed by atoms with Crippen LogP contribution in [0.15, 0.2) is 73.2 Å². The van der Waals surface area contributed by atoms with E-state index in [1.165, 1.54) is 0 Å². The highest BCUT2D eigenvalue weighted by molar-refractivity contribution is 5.93. The Bertz CT molecular complexity index is 1130. The second kappa shape index (κ2) is 6.06. The summed E-state index contributed by atoms with van der Waals surface area (Å²) in [6, 6.07) is 16.8. The molecule has 0 saturated carbocycles. The van der Waals surface area contributed by atoms with Crippen molar-refractivity contribution in [2.24, 2.45) is 0 Å². The number of H-pyrrole nitrogens is 1. The first-order valence-corrected chi connectivity index (χ1v) is 7.81. The van der Waals surface area contributed by atoms with Gasteiger partial charge in [-0.05, 0) is 48.5 Å². The smallest absolute Gasteiger partial charge is 0.337 e. The molecule has 2 heterocycles. The summed E-state index contributed by atoms with van der Waals surface area (Å²) >= 11 is 0. The number of hydrogen-bond acceptors (Lipinski definition) is 1. The van der Waals surface area contributed by atoms with Crippen LogP contribution in [0.3, 0.4) is 0 Å². The fourth-order valence-electron chi connectivity index (χ4n) is 2.85. The maximum atomic E-state index is 11.6. The van der Waals surface area contributed by atoms with Crippen molar-refractivity contribution < 1.29 is 9.90 Å². The SMILES string of the molecule is O=C(O)c1cccc(C#Cc2ccc3[nH]ccc3c2)c1-n1cccc1. The lowest BCUT2D eigenvalue weighted by molar-refractivity contribution is 0.0697. The summed E-state index contributed by atoms with van der Waals surface area (Å²) in [4.78, 5) is 14.7. The number of carboxylic acids is 1. The summed E-state index contributed by atoms with van der Waals surface area (Å²) in [6.45, 7) is 0. The number of carboxylic acid groups (broad SMARTS) is 1. The van der Waals surface area contributed by atoms with Gasteiger partial charge in [-0.2, -0.15) is 0 Å². The predicted molar refractivity (Wildman–Crippen MR) is 97.0 cm³/mol. The third kappa shape index (κ3) is 2.79. The number of aromatic amines is 1.